The highest BCUT2D eigenvalue weighted by Crippen LogP contribution is 2.27. The molecule has 8 heteroatoms. The smallest absolute Gasteiger partial charge is 0.269 e. The Bertz CT molecular complexity index is 584. The molecule has 1 aliphatic carbocycles. The second kappa shape index (κ2) is 9.80. The summed E-state index contributed by atoms with van der Waals surface area (Å²) in [6.07, 6.45) is 4.89. The number of hydrazone groups is 1. The number of hydrogen-bond donors (Lipinski definition) is 3. The molecule has 0 bridgehead atoms. The minimum atomic E-state index is -0.231. The molecular weight excluding hydrogens is 320 g/mol. The molecule has 140 valence electrons. The lowest BCUT2D eigenvalue weighted by molar-refractivity contribution is -0.114. The first-order chi connectivity index (χ1) is 11.8. The average Bonchev–Trinajstić information content (AvgIpc) is 3.27. The number of aryl methyl sites for hydroxylation is 1. The number of amides is 2. The van der Waals surface area contributed by atoms with Gasteiger partial charge in [-0.15, -0.1) is 0 Å². The topological polar surface area (TPSA) is 100 Å². The van der Waals surface area contributed by atoms with E-state index in [0.717, 1.165) is 5.69 Å². The second-order valence-electron chi connectivity index (χ2n) is 7.06. The molecule has 0 radical (unpaired) electrons. The molecule has 1 aromatic rings. The van der Waals surface area contributed by atoms with Crippen molar-refractivity contribution in [2.45, 2.75) is 39.0 Å². The molecule has 1 fully saturated rings. The summed E-state index contributed by atoms with van der Waals surface area (Å²) < 4.78 is 1.83. The number of aromatic nitrogens is 2. The van der Waals surface area contributed by atoms with Gasteiger partial charge in [0.2, 0.25) is 6.41 Å². The molecule has 0 saturated heterocycles. The van der Waals surface area contributed by atoms with Crippen LogP contribution < -0.4 is 16.1 Å². The Morgan fingerprint density at radius 3 is 2.52 bits per heavy atom. The van der Waals surface area contributed by atoms with E-state index in [9.17, 15) is 9.59 Å². The van der Waals surface area contributed by atoms with Crippen molar-refractivity contribution >= 4 is 18.0 Å². The van der Waals surface area contributed by atoms with Crippen LogP contribution >= 0.6 is 0 Å². The van der Waals surface area contributed by atoms with Gasteiger partial charge in [0.25, 0.3) is 5.91 Å². The lowest BCUT2D eigenvalue weighted by Crippen LogP contribution is -2.39. The van der Waals surface area contributed by atoms with Gasteiger partial charge in [0.05, 0.1) is 12.2 Å². The number of hydrogen-bond acceptors (Lipinski definition) is 5. The monoisotopic (exact) mass is 350 g/mol. The summed E-state index contributed by atoms with van der Waals surface area (Å²) >= 11 is 0. The van der Waals surface area contributed by atoms with Gasteiger partial charge in [-0.05, 0) is 24.8 Å². The summed E-state index contributed by atoms with van der Waals surface area (Å²) in [7, 11) is 3.55. The van der Waals surface area contributed by atoms with E-state index in [-0.39, 0.29) is 23.6 Å². The van der Waals surface area contributed by atoms with Crippen molar-refractivity contribution < 1.29 is 9.59 Å². The molecule has 2 amide bonds. The van der Waals surface area contributed by atoms with Gasteiger partial charge in [0.1, 0.15) is 5.71 Å². The van der Waals surface area contributed by atoms with Crippen LogP contribution in [0.5, 0.6) is 0 Å². The van der Waals surface area contributed by atoms with Crippen molar-refractivity contribution in [1.82, 2.24) is 25.8 Å². The molecule has 1 saturated carbocycles. The first-order valence-corrected chi connectivity index (χ1v) is 8.46. The third-order valence-electron chi connectivity index (χ3n) is 3.59. The molecule has 1 heterocycles. The quantitative estimate of drug-likeness (QED) is 0.380. The summed E-state index contributed by atoms with van der Waals surface area (Å²) in [4.78, 5) is 21.6. The van der Waals surface area contributed by atoms with Gasteiger partial charge >= 0.3 is 0 Å². The van der Waals surface area contributed by atoms with Crippen LogP contribution in [-0.2, 0) is 22.1 Å². The van der Waals surface area contributed by atoms with E-state index in [4.69, 9.17) is 0 Å². The highest BCUT2D eigenvalue weighted by Gasteiger charge is 2.22. The Labute approximate surface area is 149 Å². The van der Waals surface area contributed by atoms with E-state index in [0.29, 0.717) is 18.9 Å². The Hall–Kier alpha value is -2.38. The highest BCUT2D eigenvalue weighted by atomic mass is 16.2. The number of nitrogens with one attached hydrogen (secondary N) is 3. The number of nitrogens with zero attached hydrogens (tertiary/aromatic N) is 3. The predicted octanol–water partition coefficient (Wildman–Crippen LogP) is 0.552. The zero-order valence-corrected chi connectivity index (χ0v) is 15.8. The maximum atomic E-state index is 11.5. The fourth-order valence-electron chi connectivity index (χ4n) is 1.92. The third kappa shape index (κ3) is 8.32. The molecule has 8 nitrogen and oxygen atoms in total. The lowest BCUT2D eigenvalue weighted by atomic mass is 9.93. The van der Waals surface area contributed by atoms with Gasteiger partial charge in [0, 0.05) is 32.3 Å². The standard InChI is InChI=1S/C9H16N4O2.C8H14N2/c1-10-13-8(5-11-6-14)9(15)12-4-7-2-3-7;1-8(2,3)7-5-6-10(4)9-7/h6-7,10H,2-5H2,1H3,(H,11,14)(H,12,15);5-6H,1-4H3/b13-8+;. The maximum absolute atomic E-state index is 11.5. The van der Waals surface area contributed by atoms with Gasteiger partial charge in [-0.25, -0.2) is 0 Å². The molecule has 0 aromatic carbocycles. The first-order valence-electron chi connectivity index (χ1n) is 8.46. The number of carbonyl (C=O) groups excluding carboxylic acids is 2. The first kappa shape index (κ1) is 20.7. The van der Waals surface area contributed by atoms with Crippen molar-refractivity contribution in [3.05, 3.63) is 18.0 Å². The largest absolute Gasteiger partial charge is 0.353 e. The van der Waals surface area contributed by atoms with Crippen molar-refractivity contribution in [1.29, 1.82) is 0 Å². The summed E-state index contributed by atoms with van der Waals surface area (Å²) in [5.74, 6) is 0.398. The summed E-state index contributed by atoms with van der Waals surface area (Å²) in [6, 6.07) is 2.06. The van der Waals surface area contributed by atoms with Crippen LogP contribution in [0.1, 0.15) is 39.3 Å². The van der Waals surface area contributed by atoms with E-state index >= 15 is 0 Å². The Morgan fingerprint density at radius 1 is 1.44 bits per heavy atom. The van der Waals surface area contributed by atoms with Gasteiger partial charge in [-0.3, -0.25) is 14.3 Å². The minimum absolute atomic E-state index is 0.140. The van der Waals surface area contributed by atoms with Crippen LogP contribution in [0.25, 0.3) is 0 Å². The Kier molecular flexibility index (Phi) is 8.10. The number of carbonyl (C=O) groups is 2. The predicted molar refractivity (Wildman–Crippen MR) is 98.2 cm³/mol. The van der Waals surface area contributed by atoms with E-state index in [1.54, 1.807) is 7.05 Å². The molecule has 0 unspecified atom stereocenters. The molecule has 0 atom stereocenters. The molecule has 1 aromatic heterocycles. The molecule has 0 aliphatic heterocycles. The second-order valence-corrected chi connectivity index (χ2v) is 7.06. The molecule has 2 rings (SSSR count). The Morgan fingerprint density at radius 2 is 2.12 bits per heavy atom. The van der Waals surface area contributed by atoms with Crippen LogP contribution in [-0.4, -0.2) is 47.9 Å². The van der Waals surface area contributed by atoms with E-state index in [1.165, 1.54) is 12.8 Å². The fraction of sp³-hybridized carbons (Fsp3) is 0.647. The van der Waals surface area contributed by atoms with Crippen molar-refractivity contribution in [2.75, 3.05) is 20.1 Å². The minimum Gasteiger partial charge on any atom is -0.353 e. The Balaban J connectivity index is 0.000000271. The van der Waals surface area contributed by atoms with Crippen LogP contribution in [0.3, 0.4) is 0 Å². The van der Waals surface area contributed by atoms with Crippen molar-refractivity contribution in [3.8, 4) is 0 Å². The molecular formula is C17H30N6O2. The van der Waals surface area contributed by atoms with Crippen molar-refractivity contribution in [2.24, 2.45) is 18.1 Å². The fourth-order valence-corrected chi connectivity index (χ4v) is 1.92. The van der Waals surface area contributed by atoms with Crippen LogP contribution in [0, 0.1) is 5.92 Å². The molecule has 3 N–H and O–H groups in total. The van der Waals surface area contributed by atoms with Crippen molar-refractivity contribution in [3.63, 3.8) is 0 Å². The van der Waals surface area contributed by atoms with Crippen LogP contribution in [0.2, 0.25) is 0 Å². The zero-order chi connectivity index (χ0) is 18.9. The SMILES string of the molecule is CN/N=C(\CNC=O)C(=O)NCC1CC1.Cn1ccc(C(C)(C)C)n1. The van der Waals surface area contributed by atoms with Gasteiger partial charge in [-0.2, -0.15) is 10.2 Å². The molecule has 25 heavy (non-hydrogen) atoms. The van der Waals surface area contributed by atoms with Gasteiger partial charge < -0.3 is 16.1 Å². The van der Waals surface area contributed by atoms with Crippen LogP contribution in [0.15, 0.2) is 17.4 Å². The van der Waals surface area contributed by atoms with Crippen LogP contribution in [0.4, 0.5) is 0 Å². The molecule has 1 aliphatic rings. The number of rotatable bonds is 7. The van der Waals surface area contributed by atoms with E-state index in [2.05, 4.69) is 53.1 Å². The summed E-state index contributed by atoms with van der Waals surface area (Å²) in [6.45, 7) is 7.32. The third-order valence-corrected chi connectivity index (χ3v) is 3.59. The highest BCUT2D eigenvalue weighted by molar-refractivity contribution is 6.39. The summed E-state index contributed by atoms with van der Waals surface area (Å²) in [5.41, 5.74) is 4.14. The zero-order valence-electron chi connectivity index (χ0n) is 15.8. The molecule has 0 spiro atoms. The van der Waals surface area contributed by atoms with Gasteiger partial charge in [0.15, 0.2) is 0 Å². The summed E-state index contributed by atoms with van der Waals surface area (Å²) in [5, 5.41) is 13.3. The average molecular weight is 350 g/mol. The van der Waals surface area contributed by atoms with Gasteiger partial charge in [-0.1, -0.05) is 20.8 Å². The van der Waals surface area contributed by atoms with E-state index < -0.39 is 0 Å². The maximum Gasteiger partial charge on any atom is 0.269 e. The van der Waals surface area contributed by atoms with E-state index in [1.807, 2.05) is 17.9 Å². The normalized spacial score (nSPS) is 14.2. The lowest BCUT2D eigenvalue weighted by Gasteiger charge is -2.13.